The minimum Gasteiger partial charge on any atom is -0.388 e. The third-order valence-electron chi connectivity index (χ3n) is 2.13. The summed E-state index contributed by atoms with van der Waals surface area (Å²) in [5, 5.41) is 9.87. The first kappa shape index (κ1) is 12.7. The molecule has 0 aliphatic heterocycles. The number of rotatable bonds is 2. The van der Waals surface area contributed by atoms with Crippen molar-refractivity contribution in [2.45, 2.75) is 33.3 Å². The molecule has 1 rings (SSSR count). The fraction of sp³-hybridized carbons (Fsp3) is 0.500. The molecule has 0 spiro atoms. The highest BCUT2D eigenvalue weighted by Crippen LogP contribution is 2.31. The van der Waals surface area contributed by atoms with E-state index in [0.29, 0.717) is 16.5 Å². The first-order valence-electron chi connectivity index (χ1n) is 4.92. The van der Waals surface area contributed by atoms with Crippen LogP contribution in [0.2, 0.25) is 0 Å². The maximum absolute atomic E-state index is 13.5. The molecule has 1 N–H and O–H groups in total. The third kappa shape index (κ3) is 3.92. The number of benzene rings is 1. The van der Waals surface area contributed by atoms with Gasteiger partial charge in [0.2, 0.25) is 0 Å². The Morgan fingerprint density at radius 1 is 1.40 bits per heavy atom. The van der Waals surface area contributed by atoms with Crippen molar-refractivity contribution in [1.82, 2.24) is 0 Å². The van der Waals surface area contributed by atoms with E-state index >= 15 is 0 Å². The van der Waals surface area contributed by atoms with Crippen LogP contribution in [0, 0.1) is 11.2 Å². The largest absolute Gasteiger partial charge is 0.388 e. The van der Waals surface area contributed by atoms with Crippen molar-refractivity contribution in [3.63, 3.8) is 0 Å². The highest BCUT2D eigenvalue weighted by atomic mass is 79.9. The molecule has 0 fully saturated rings. The zero-order valence-corrected chi connectivity index (χ0v) is 10.8. The quantitative estimate of drug-likeness (QED) is 0.863. The fourth-order valence-corrected chi connectivity index (χ4v) is 1.79. The van der Waals surface area contributed by atoms with Gasteiger partial charge in [-0.1, -0.05) is 42.8 Å². The second-order valence-electron chi connectivity index (χ2n) is 4.95. The molecule has 1 nitrogen and oxygen atoms in total. The van der Waals surface area contributed by atoms with Gasteiger partial charge >= 0.3 is 0 Å². The van der Waals surface area contributed by atoms with E-state index in [1.807, 2.05) is 20.8 Å². The first-order valence-corrected chi connectivity index (χ1v) is 5.72. The molecule has 0 aromatic heterocycles. The molecule has 15 heavy (non-hydrogen) atoms. The maximum Gasteiger partial charge on any atom is 0.130 e. The molecule has 0 aliphatic carbocycles. The molecule has 0 radical (unpaired) electrons. The Morgan fingerprint density at radius 2 is 2.00 bits per heavy atom. The van der Waals surface area contributed by atoms with Crippen molar-refractivity contribution in [3.05, 3.63) is 34.1 Å². The van der Waals surface area contributed by atoms with Gasteiger partial charge in [0.1, 0.15) is 5.82 Å². The van der Waals surface area contributed by atoms with Crippen LogP contribution in [0.1, 0.15) is 38.9 Å². The first-order chi connectivity index (χ1) is 6.79. The minimum atomic E-state index is -0.738. The van der Waals surface area contributed by atoms with Crippen LogP contribution in [0.3, 0.4) is 0 Å². The summed E-state index contributed by atoms with van der Waals surface area (Å²) in [6, 6.07) is 4.74. The summed E-state index contributed by atoms with van der Waals surface area (Å²) in [4.78, 5) is 0. The molecule has 0 heterocycles. The summed E-state index contributed by atoms with van der Waals surface area (Å²) in [6.07, 6.45) is -0.191. The van der Waals surface area contributed by atoms with Crippen molar-refractivity contribution in [1.29, 1.82) is 0 Å². The Bertz CT molecular complexity index is 344. The van der Waals surface area contributed by atoms with Gasteiger partial charge in [0.15, 0.2) is 0 Å². The van der Waals surface area contributed by atoms with E-state index in [1.54, 1.807) is 12.1 Å². The van der Waals surface area contributed by atoms with Gasteiger partial charge in [0.25, 0.3) is 0 Å². The van der Waals surface area contributed by atoms with Gasteiger partial charge in [-0.05, 0) is 24.0 Å². The molecule has 84 valence electrons. The predicted molar refractivity (Wildman–Crippen MR) is 63.1 cm³/mol. The summed E-state index contributed by atoms with van der Waals surface area (Å²) in [6.45, 7) is 6.06. The van der Waals surface area contributed by atoms with Crippen molar-refractivity contribution in [2.75, 3.05) is 0 Å². The van der Waals surface area contributed by atoms with Crippen molar-refractivity contribution in [2.24, 2.45) is 5.41 Å². The van der Waals surface area contributed by atoms with Gasteiger partial charge in [0.05, 0.1) is 6.10 Å². The number of aliphatic hydroxyl groups excluding tert-OH is 1. The highest BCUT2D eigenvalue weighted by molar-refractivity contribution is 9.10. The van der Waals surface area contributed by atoms with Crippen LogP contribution in [0.4, 0.5) is 4.39 Å². The van der Waals surface area contributed by atoms with Gasteiger partial charge in [-0.15, -0.1) is 0 Å². The van der Waals surface area contributed by atoms with E-state index in [-0.39, 0.29) is 11.2 Å². The van der Waals surface area contributed by atoms with E-state index in [1.165, 1.54) is 6.07 Å². The monoisotopic (exact) mass is 274 g/mol. The van der Waals surface area contributed by atoms with E-state index in [2.05, 4.69) is 15.9 Å². The Labute approximate surface area is 98.4 Å². The van der Waals surface area contributed by atoms with E-state index in [0.717, 1.165) is 0 Å². The summed E-state index contributed by atoms with van der Waals surface area (Å²) in [5.74, 6) is -0.360. The van der Waals surface area contributed by atoms with Crippen LogP contribution < -0.4 is 0 Å². The summed E-state index contributed by atoms with van der Waals surface area (Å²) in [5.41, 5.74) is 0.354. The molecule has 1 unspecified atom stereocenters. The number of hydrogen-bond donors (Lipinski definition) is 1. The average Bonchev–Trinajstić information content (AvgIpc) is 1.99. The van der Waals surface area contributed by atoms with Gasteiger partial charge in [-0.2, -0.15) is 0 Å². The molecule has 3 heteroatoms. The smallest absolute Gasteiger partial charge is 0.130 e. The summed E-state index contributed by atoms with van der Waals surface area (Å²) in [7, 11) is 0. The number of halogens is 2. The molecule has 1 atom stereocenters. The van der Waals surface area contributed by atoms with Gasteiger partial charge < -0.3 is 5.11 Å². The number of aliphatic hydroxyl groups is 1. The van der Waals surface area contributed by atoms with Crippen LogP contribution in [-0.4, -0.2) is 5.11 Å². The van der Waals surface area contributed by atoms with Gasteiger partial charge in [0, 0.05) is 10.0 Å². The Kier molecular flexibility index (Phi) is 3.90. The van der Waals surface area contributed by atoms with Crippen molar-refractivity contribution in [3.8, 4) is 0 Å². The third-order valence-corrected chi connectivity index (χ3v) is 2.62. The molecule has 1 aromatic rings. The Hall–Kier alpha value is -0.410. The molecule has 0 bridgehead atoms. The van der Waals surface area contributed by atoms with E-state index in [4.69, 9.17) is 0 Å². The predicted octanol–water partition coefficient (Wildman–Crippen LogP) is 4.06. The lowest BCUT2D eigenvalue weighted by Crippen LogP contribution is -2.12. The van der Waals surface area contributed by atoms with Crippen LogP contribution in [0.25, 0.3) is 0 Å². The molecule has 0 aliphatic rings. The second kappa shape index (κ2) is 4.62. The van der Waals surface area contributed by atoms with Crippen molar-refractivity contribution < 1.29 is 9.50 Å². The topological polar surface area (TPSA) is 20.2 Å². The Balaban J connectivity index is 2.87. The van der Waals surface area contributed by atoms with Crippen LogP contribution in [-0.2, 0) is 0 Å². The zero-order valence-electron chi connectivity index (χ0n) is 9.22. The molecule has 0 saturated heterocycles. The zero-order chi connectivity index (χ0) is 11.6. The lowest BCUT2D eigenvalue weighted by molar-refractivity contribution is 0.119. The van der Waals surface area contributed by atoms with E-state index < -0.39 is 6.10 Å². The fourth-order valence-electron chi connectivity index (χ4n) is 1.46. The molecule has 1 aromatic carbocycles. The van der Waals surface area contributed by atoms with E-state index in [9.17, 15) is 9.50 Å². The molecule has 0 amide bonds. The lowest BCUT2D eigenvalue weighted by atomic mass is 9.87. The standard InChI is InChI=1S/C12H16BrFO/c1-12(2,3)7-11(15)9-5-4-8(13)6-10(9)14/h4-6,11,15H,7H2,1-3H3. The average molecular weight is 275 g/mol. The minimum absolute atomic E-state index is 0.0150. The second-order valence-corrected chi connectivity index (χ2v) is 5.86. The molecular formula is C12H16BrFO. The lowest BCUT2D eigenvalue weighted by Gasteiger charge is -2.22. The highest BCUT2D eigenvalue weighted by Gasteiger charge is 2.20. The van der Waals surface area contributed by atoms with Crippen LogP contribution in [0.15, 0.2) is 22.7 Å². The van der Waals surface area contributed by atoms with Gasteiger partial charge in [-0.25, -0.2) is 4.39 Å². The van der Waals surface area contributed by atoms with Crippen LogP contribution in [0.5, 0.6) is 0 Å². The Morgan fingerprint density at radius 3 is 2.47 bits per heavy atom. The SMILES string of the molecule is CC(C)(C)CC(O)c1ccc(Br)cc1F. The van der Waals surface area contributed by atoms with Crippen LogP contribution >= 0.6 is 15.9 Å². The molecule has 0 saturated carbocycles. The summed E-state index contributed by atoms with van der Waals surface area (Å²) >= 11 is 3.19. The number of hydrogen-bond acceptors (Lipinski definition) is 1. The molecular weight excluding hydrogens is 259 g/mol. The summed E-state index contributed by atoms with van der Waals surface area (Å²) < 4.78 is 14.2. The maximum atomic E-state index is 13.5. The van der Waals surface area contributed by atoms with Crippen molar-refractivity contribution >= 4 is 15.9 Å². The normalized spacial score (nSPS) is 14.0. The van der Waals surface area contributed by atoms with Gasteiger partial charge in [-0.3, -0.25) is 0 Å².